The summed E-state index contributed by atoms with van der Waals surface area (Å²) >= 11 is 0. The molecule has 0 amide bonds. The predicted octanol–water partition coefficient (Wildman–Crippen LogP) is 0.0708. The largest absolute Gasteiger partial charge is 0.393 e. The second kappa shape index (κ2) is 3.44. The van der Waals surface area contributed by atoms with Crippen molar-refractivity contribution in [3.63, 3.8) is 0 Å². The topological polar surface area (TPSA) is 40.5 Å². The van der Waals surface area contributed by atoms with Crippen molar-refractivity contribution in [1.29, 1.82) is 0 Å². The molecular formula is C6H10O2. The molecule has 0 aromatic carbocycles. The van der Waals surface area contributed by atoms with Gasteiger partial charge in [0, 0.05) is 0 Å². The van der Waals surface area contributed by atoms with Crippen LogP contribution in [-0.4, -0.2) is 22.9 Å². The van der Waals surface area contributed by atoms with Gasteiger partial charge in [-0.15, -0.1) is 5.73 Å². The lowest BCUT2D eigenvalue weighted by molar-refractivity contribution is 0.122. The van der Waals surface area contributed by atoms with Crippen LogP contribution >= 0.6 is 0 Å². The van der Waals surface area contributed by atoms with Crippen molar-refractivity contribution in [3.8, 4) is 0 Å². The lowest BCUT2D eigenvalue weighted by Gasteiger charge is -2.02. The van der Waals surface area contributed by atoms with Crippen molar-refractivity contribution in [1.82, 2.24) is 0 Å². The Bertz CT molecular complexity index is 112. The average Bonchev–Trinajstić information content (AvgIpc) is 1.84. The van der Waals surface area contributed by atoms with E-state index >= 15 is 0 Å². The Kier molecular flexibility index (Phi) is 3.20. The molecule has 1 atom stereocenters. The molecule has 0 aromatic heterocycles. The Hall–Kier alpha value is -0.560. The molecule has 0 saturated carbocycles. The summed E-state index contributed by atoms with van der Waals surface area (Å²) in [5.41, 5.74) is 3.05. The molecule has 0 rings (SSSR count). The van der Waals surface area contributed by atoms with Gasteiger partial charge in [0.25, 0.3) is 0 Å². The van der Waals surface area contributed by atoms with Gasteiger partial charge < -0.3 is 10.2 Å². The Labute approximate surface area is 48.8 Å². The molecule has 0 bridgehead atoms. The van der Waals surface area contributed by atoms with Gasteiger partial charge in [0.05, 0.1) is 6.61 Å². The van der Waals surface area contributed by atoms with E-state index in [-0.39, 0.29) is 6.61 Å². The van der Waals surface area contributed by atoms with Crippen molar-refractivity contribution in [2.24, 2.45) is 0 Å². The Morgan fingerprint density at radius 2 is 2.38 bits per heavy atom. The molecule has 0 radical (unpaired) electrons. The minimum absolute atomic E-state index is 0.256. The third-order valence-electron chi connectivity index (χ3n) is 0.952. The third kappa shape index (κ3) is 1.94. The van der Waals surface area contributed by atoms with E-state index in [0.29, 0.717) is 5.57 Å². The highest BCUT2D eigenvalue weighted by Gasteiger charge is 2.00. The normalized spacial score (nSPS) is 12.4. The van der Waals surface area contributed by atoms with Crippen LogP contribution in [0.3, 0.4) is 0 Å². The van der Waals surface area contributed by atoms with E-state index in [1.54, 1.807) is 6.92 Å². The molecule has 2 nitrogen and oxygen atoms in total. The van der Waals surface area contributed by atoms with E-state index in [0.717, 1.165) is 0 Å². The number of rotatable bonds is 2. The Morgan fingerprint density at radius 1 is 1.88 bits per heavy atom. The van der Waals surface area contributed by atoms with Crippen molar-refractivity contribution in [3.05, 3.63) is 17.9 Å². The number of aliphatic hydroxyl groups is 2. The number of hydrogen-bond donors (Lipinski definition) is 2. The van der Waals surface area contributed by atoms with Crippen LogP contribution in [0.1, 0.15) is 6.92 Å². The minimum atomic E-state index is -0.785. The monoisotopic (exact) mass is 114 g/mol. The van der Waals surface area contributed by atoms with Gasteiger partial charge in [-0.25, -0.2) is 0 Å². The van der Waals surface area contributed by atoms with E-state index in [1.807, 2.05) is 0 Å². The zero-order valence-corrected chi connectivity index (χ0v) is 4.89. The van der Waals surface area contributed by atoms with Gasteiger partial charge in [-0.1, -0.05) is 6.58 Å². The minimum Gasteiger partial charge on any atom is -0.393 e. The highest BCUT2D eigenvalue weighted by molar-refractivity contribution is 5.00. The van der Waals surface area contributed by atoms with E-state index in [2.05, 4.69) is 12.3 Å². The van der Waals surface area contributed by atoms with Crippen LogP contribution in [-0.2, 0) is 0 Å². The molecule has 0 aromatic rings. The van der Waals surface area contributed by atoms with Crippen molar-refractivity contribution in [2.75, 3.05) is 6.61 Å². The lowest BCUT2D eigenvalue weighted by Crippen LogP contribution is -2.12. The van der Waals surface area contributed by atoms with E-state index < -0.39 is 6.10 Å². The summed E-state index contributed by atoms with van der Waals surface area (Å²) < 4.78 is 0. The average molecular weight is 114 g/mol. The van der Waals surface area contributed by atoms with Crippen molar-refractivity contribution >= 4 is 0 Å². The zero-order chi connectivity index (χ0) is 6.57. The fraction of sp³-hybridized carbons (Fsp3) is 0.500. The van der Waals surface area contributed by atoms with Crippen molar-refractivity contribution < 1.29 is 10.2 Å². The third-order valence-corrected chi connectivity index (χ3v) is 0.952. The molecule has 46 valence electrons. The fourth-order valence-electron chi connectivity index (χ4n) is 0.255. The molecule has 0 fully saturated rings. The Morgan fingerprint density at radius 3 is 2.50 bits per heavy atom. The predicted molar refractivity (Wildman–Crippen MR) is 31.4 cm³/mol. The first-order valence-corrected chi connectivity index (χ1v) is 2.37. The highest BCUT2D eigenvalue weighted by Crippen LogP contribution is 1.95. The van der Waals surface area contributed by atoms with Crippen LogP contribution in [0, 0.1) is 0 Å². The highest BCUT2D eigenvalue weighted by atomic mass is 16.3. The van der Waals surface area contributed by atoms with E-state index in [1.165, 1.54) is 0 Å². The molecule has 2 N–H and O–H groups in total. The van der Waals surface area contributed by atoms with Crippen LogP contribution in [0.15, 0.2) is 17.9 Å². The number of aliphatic hydroxyl groups excluding tert-OH is 2. The van der Waals surface area contributed by atoms with Crippen LogP contribution in [0.4, 0.5) is 0 Å². The first kappa shape index (κ1) is 7.44. The summed E-state index contributed by atoms with van der Waals surface area (Å²) in [6.07, 6.45) is -0.785. The summed E-state index contributed by atoms with van der Waals surface area (Å²) in [6, 6.07) is 0. The molecule has 0 aliphatic carbocycles. The van der Waals surface area contributed by atoms with E-state index in [4.69, 9.17) is 10.2 Å². The molecule has 8 heavy (non-hydrogen) atoms. The molecule has 2 heteroatoms. The molecule has 0 aliphatic heterocycles. The first-order chi connectivity index (χ1) is 3.72. The first-order valence-electron chi connectivity index (χ1n) is 2.37. The smallest absolute Gasteiger partial charge is 0.105 e. The van der Waals surface area contributed by atoms with Gasteiger partial charge in [-0.05, 0) is 12.5 Å². The van der Waals surface area contributed by atoms with Crippen LogP contribution in [0.2, 0.25) is 0 Å². The molecule has 0 aliphatic rings. The molecule has 0 saturated heterocycles. The molecule has 0 spiro atoms. The number of hydrogen-bond acceptors (Lipinski definition) is 2. The summed E-state index contributed by atoms with van der Waals surface area (Å²) in [6.45, 7) is 4.70. The van der Waals surface area contributed by atoms with Gasteiger partial charge in [-0.2, -0.15) is 0 Å². The van der Waals surface area contributed by atoms with Gasteiger partial charge in [0.15, 0.2) is 0 Å². The fourth-order valence-corrected chi connectivity index (χ4v) is 0.255. The van der Waals surface area contributed by atoms with Crippen LogP contribution < -0.4 is 0 Å². The van der Waals surface area contributed by atoms with Gasteiger partial charge in [-0.3, -0.25) is 0 Å². The maximum atomic E-state index is 8.74. The summed E-state index contributed by atoms with van der Waals surface area (Å²) in [7, 11) is 0. The Balaban J connectivity index is 3.82. The molecular weight excluding hydrogens is 104 g/mol. The van der Waals surface area contributed by atoms with Crippen molar-refractivity contribution in [2.45, 2.75) is 13.0 Å². The van der Waals surface area contributed by atoms with E-state index in [9.17, 15) is 0 Å². The summed E-state index contributed by atoms with van der Waals surface area (Å²) in [4.78, 5) is 0. The molecule has 0 heterocycles. The SMILES string of the molecule is C=C=C(C)C(O)CO. The standard InChI is InChI=1S/C6H10O2/c1-3-5(2)6(8)4-7/h6-8H,1,4H2,2H3. The van der Waals surface area contributed by atoms with Gasteiger partial charge in [0.1, 0.15) is 6.10 Å². The summed E-state index contributed by atoms with van der Waals surface area (Å²) in [5, 5.41) is 17.0. The summed E-state index contributed by atoms with van der Waals surface area (Å²) in [5.74, 6) is 0. The zero-order valence-electron chi connectivity index (χ0n) is 4.89. The maximum Gasteiger partial charge on any atom is 0.105 e. The maximum absolute atomic E-state index is 8.74. The second-order valence-electron chi connectivity index (χ2n) is 1.56. The lowest BCUT2D eigenvalue weighted by atomic mass is 10.2. The molecule has 1 unspecified atom stereocenters. The van der Waals surface area contributed by atoms with Gasteiger partial charge in [0.2, 0.25) is 0 Å². The van der Waals surface area contributed by atoms with Crippen LogP contribution in [0.5, 0.6) is 0 Å². The van der Waals surface area contributed by atoms with Crippen LogP contribution in [0.25, 0.3) is 0 Å². The quantitative estimate of drug-likeness (QED) is 0.499. The second-order valence-corrected chi connectivity index (χ2v) is 1.56. The van der Waals surface area contributed by atoms with Gasteiger partial charge >= 0.3 is 0 Å².